The lowest BCUT2D eigenvalue weighted by atomic mass is 9.46. The second kappa shape index (κ2) is 12.0. The molecule has 0 radical (unpaired) electrons. The molecule has 6 atom stereocenters. The van der Waals surface area contributed by atoms with Crippen LogP contribution in [0.1, 0.15) is 72.6 Å². The van der Waals surface area contributed by atoms with Gasteiger partial charge in [0.15, 0.2) is 0 Å². The molecule has 8 heteroatoms. The largest absolute Gasteiger partial charge is 0.487 e. The SMILES string of the molecule is CN(C(=O)[C@@H](CO)c1ccccc1)c1ccc2c3c1OC1CCC[C@@]4(N(C)C(=O)[C@@H](CO)c5ccccc5)[C@@H](C2)N(CC2CC2)CC[C@]314. The molecule has 2 N–H and O–H groups in total. The van der Waals surface area contributed by atoms with Crippen LogP contribution in [0.15, 0.2) is 72.8 Å². The van der Waals surface area contributed by atoms with Crippen LogP contribution in [0.5, 0.6) is 5.75 Å². The summed E-state index contributed by atoms with van der Waals surface area (Å²) in [4.78, 5) is 35.2. The maximum atomic E-state index is 14.8. The van der Waals surface area contributed by atoms with Crippen molar-refractivity contribution < 1.29 is 24.5 Å². The van der Waals surface area contributed by atoms with Gasteiger partial charge in [0.05, 0.1) is 41.7 Å². The minimum atomic E-state index is -0.687. The monoisotopic (exact) mass is 649 g/mol. The van der Waals surface area contributed by atoms with Crippen molar-refractivity contribution >= 4 is 17.5 Å². The third kappa shape index (κ3) is 4.52. The smallest absolute Gasteiger partial charge is 0.236 e. The topological polar surface area (TPSA) is 93.6 Å². The summed E-state index contributed by atoms with van der Waals surface area (Å²) in [6.07, 6.45) is 6.77. The highest BCUT2D eigenvalue weighted by Crippen LogP contribution is 2.67. The molecule has 3 aliphatic carbocycles. The Morgan fingerprint density at radius 2 is 1.52 bits per heavy atom. The normalized spacial score (nSPS) is 28.2. The number of amides is 2. The van der Waals surface area contributed by atoms with Gasteiger partial charge in [-0.3, -0.25) is 14.5 Å². The minimum absolute atomic E-state index is 0.0454. The maximum Gasteiger partial charge on any atom is 0.236 e. The number of piperidine rings is 1. The number of nitrogens with zero attached hydrogens (tertiary/aromatic N) is 3. The molecule has 2 aliphatic heterocycles. The lowest BCUT2D eigenvalue weighted by Gasteiger charge is -2.68. The Kier molecular flexibility index (Phi) is 7.89. The van der Waals surface area contributed by atoms with Crippen LogP contribution in [0.3, 0.4) is 0 Å². The van der Waals surface area contributed by atoms with E-state index < -0.39 is 22.8 Å². The van der Waals surface area contributed by atoms with Crippen LogP contribution in [0.25, 0.3) is 0 Å². The van der Waals surface area contributed by atoms with Gasteiger partial charge in [0.25, 0.3) is 0 Å². The molecule has 0 aromatic heterocycles. The Hall–Kier alpha value is -3.72. The number of hydrogen-bond donors (Lipinski definition) is 2. The van der Waals surface area contributed by atoms with E-state index in [1.165, 1.54) is 24.0 Å². The molecule has 3 fully saturated rings. The van der Waals surface area contributed by atoms with Gasteiger partial charge in [0.2, 0.25) is 11.8 Å². The molecule has 2 heterocycles. The van der Waals surface area contributed by atoms with Gasteiger partial charge in [0, 0.05) is 32.2 Å². The van der Waals surface area contributed by atoms with Gasteiger partial charge >= 0.3 is 0 Å². The van der Waals surface area contributed by atoms with E-state index in [9.17, 15) is 19.8 Å². The minimum Gasteiger partial charge on any atom is -0.487 e. The van der Waals surface area contributed by atoms with Crippen molar-refractivity contribution in [2.45, 2.75) is 79.9 Å². The van der Waals surface area contributed by atoms with Crippen LogP contribution in [-0.4, -0.2) is 89.9 Å². The number of anilines is 1. The molecule has 1 spiro atoms. The number of carbonyl (C=O) groups is 2. The Morgan fingerprint density at radius 1 is 0.875 bits per heavy atom. The van der Waals surface area contributed by atoms with E-state index >= 15 is 0 Å². The number of aliphatic hydroxyl groups excluding tert-OH is 2. The average molecular weight is 650 g/mol. The molecule has 252 valence electrons. The lowest BCUT2D eigenvalue weighted by Crippen LogP contribution is -2.81. The summed E-state index contributed by atoms with van der Waals surface area (Å²) in [6.45, 7) is 1.46. The molecule has 1 saturated heterocycles. The lowest BCUT2D eigenvalue weighted by molar-refractivity contribution is -0.169. The second-order valence-electron chi connectivity index (χ2n) is 14.8. The van der Waals surface area contributed by atoms with Gasteiger partial charge in [0.1, 0.15) is 11.9 Å². The van der Waals surface area contributed by atoms with Crippen LogP contribution in [0.4, 0.5) is 5.69 Å². The van der Waals surface area contributed by atoms with Crippen LogP contribution in [0, 0.1) is 5.92 Å². The van der Waals surface area contributed by atoms with Crippen molar-refractivity contribution in [1.29, 1.82) is 0 Å². The Bertz CT molecular complexity index is 1700. The predicted molar refractivity (Wildman–Crippen MR) is 184 cm³/mol. The molecule has 1 unspecified atom stereocenters. The summed E-state index contributed by atoms with van der Waals surface area (Å²) in [7, 11) is 3.77. The van der Waals surface area contributed by atoms with Gasteiger partial charge in [-0.05, 0) is 80.2 Å². The summed E-state index contributed by atoms with van der Waals surface area (Å²) in [5.74, 6) is -0.0822. The van der Waals surface area contributed by atoms with Gasteiger partial charge in [-0.15, -0.1) is 0 Å². The quantitative estimate of drug-likeness (QED) is 0.333. The van der Waals surface area contributed by atoms with E-state index in [2.05, 4.69) is 15.9 Å². The molecule has 2 saturated carbocycles. The van der Waals surface area contributed by atoms with Crippen LogP contribution in [-0.2, 0) is 21.4 Å². The fourth-order valence-corrected chi connectivity index (χ4v) is 10.2. The van der Waals surface area contributed by atoms with E-state index in [4.69, 9.17) is 4.74 Å². The molecular weight excluding hydrogens is 602 g/mol. The molecule has 3 aromatic carbocycles. The van der Waals surface area contributed by atoms with Gasteiger partial charge < -0.3 is 24.7 Å². The van der Waals surface area contributed by atoms with Crippen molar-refractivity contribution in [2.75, 3.05) is 45.3 Å². The average Bonchev–Trinajstić information content (AvgIpc) is 3.87. The third-order valence-electron chi connectivity index (χ3n) is 12.7. The molecule has 48 heavy (non-hydrogen) atoms. The number of likely N-dealkylation sites (tertiary alicyclic amines) is 1. The van der Waals surface area contributed by atoms with Crippen LogP contribution >= 0.6 is 0 Å². The number of hydrogen-bond acceptors (Lipinski definition) is 6. The number of rotatable bonds is 10. The Labute approximate surface area is 283 Å². The summed E-state index contributed by atoms with van der Waals surface area (Å²) in [5, 5.41) is 21.0. The zero-order valence-corrected chi connectivity index (χ0v) is 28.1. The number of carbonyl (C=O) groups excluding carboxylic acids is 2. The van der Waals surface area contributed by atoms with E-state index in [1.54, 1.807) is 11.9 Å². The molecular formula is C40H47N3O5. The Balaban J connectivity index is 1.25. The third-order valence-corrected chi connectivity index (χ3v) is 12.7. The molecule has 2 amide bonds. The van der Waals surface area contributed by atoms with Crippen molar-refractivity contribution in [1.82, 2.24) is 9.80 Å². The summed E-state index contributed by atoms with van der Waals surface area (Å²) in [5.41, 5.74) is 3.79. The van der Waals surface area contributed by atoms with Crippen molar-refractivity contribution in [3.63, 3.8) is 0 Å². The molecule has 3 aromatic rings. The summed E-state index contributed by atoms with van der Waals surface area (Å²) >= 11 is 0. The molecule has 5 aliphatic rings. The highest BCUT2D eigenvalue weighted by atomic mass is 16.5. The van der Waals surface area contributed by atoms with E-state index in [1.807, 2.05) is 73.8 Å². The van der Waals surface area contributed by atoms with Crippen molar-refractivity contribution in [3.8, 4) is 5.75 Å². The van der Waals surface area contributed by atoms with E-state index in [-0.39, 0.29) is 37.2 Å². The zero-order valence-electron chi connectivity index (χ0n) is 28.1. The van der Waals surface area contributed by atoms with E-state index in [0.29, 0.717) is 5.92 Å². The Morgan fingerprint density at radius 3 is 2.15 bits per heavy atom. The van der Waals surface area contributed by atoms with Crippen LogP contribution < -0.4 is 9.64 Å². The fourth-order valence-electron chi connectivity index (χ4n) is 10.2. The standard InChI is InChI=1S/C40H47N3O5/c1-41(37(46)30(24-44)27-10-5-3-6-11-27)32-18-17-29-22-33-40(42(2)38(47)31(25-45)28-12-7-4-8-13-28)19-9-14-34-39(40,35(29)36(32)48-34)20-21-43(33)23-26-15-16-26/h3-8,10-13,17-18,26,30-31,33-34,44-45H,9,14-16,19-25H2,1-2H3/t30-,31-,33+,34?,39+,40+/m0/s1. The van der Waals surface area contributed by atoms with Gasteiger partial charge in [-0.2, -0.15) is 0 Å². The summed E-state index contributed by atoms with van der Waals surface area (Å²) in [6, 6.07) is 23.5. The first-order valence-electron chi connectivity index (χ1n) is 17.8. The first kappa shape index (κ1) is 31.5. The maximum absolute atomic E-state index is 14.8. The number of aliphatic hydroxyl groups is 2. The number of benzene rings is 3. The highest BCUT2D eigenvalue weighted by Gasteiger charge is 2.73. The molecule has 8 rings (SSSR count). The zero-order chi connectivity index (χ0) is 33.2. The first-order valence-corrected chi connectivity index (χ1v) is 17.8. The van der Waals surface area contributed by atoms with Crippen molar-refractivity contribution in [2.24, 2.45) is 5.92 Å². The number of ether oxygens (including phenoxy) is 1. The van der Waals surface area contributed by atoms with Crippen molar-refractivity contribution in [3.05, 3.63) is 95.1 Å². The molecule has 8 nitrogen and oxygen atoms in total. The first-order chi connectivity index (χ1) is 23.4. The second-order valence-corrected chi connectivity index (χ2v) is 14.8. The summed E-state index contributed by atoms with van der Waals surface area (Å²) < 4.78 is 7.09. The number of likely N-dealkylation sites (N-methyl/N-ethyl adjacent to an activating group) is 2. The van der Waals surface area contributed by atoms with Gasteiger partial charge in [-0.1, -0.05) is 66.7 Å². The fraction of sp³-hybridized carbons (Fsp3) is 0.500. The van der Waals surface area contributed by atoms with Crippen LogP contribution in [0.2, 0.25) is 0 Å². The highest BCUT2D eigenvalue weighted by molar-refractivity contribution is 5.99. The van der Waals surface area contributed by atoms with E-state index in [0.717, 1.165) is 67.8 Å². The predicted octanol–water partition coefficient (Wildman–Crippen LogP) is 4.62. The molecule has 2 bridgehead atoms. The van der Waals surface area contributed by atoms with Gasteiger partial charge in [-0.25, -0.2) is 0 Å².